The molecule has 5 heteroatoms. The second kappa shape index (κ2) is 6.24. The molecular weight excluding hydrogens is 261 g/mol. The van der Waals surface area contributed by atoms with E-state index in [1.54, 1.807) is 18.3 Å². The van der Waals surface area contributed by atoms with Crippen molar-refractivity contribution >= 4 is 23.1 Å². The fourth-order valence-corrected chi connectivity index (χ4v) is 1.66. The summed E-state index contributed by atoms with van der Waals surface area (Å²) in [5.74, 6) is 0.454. The molecule has 0 bridgehead atoms. The summed E-state index contributed by atoms with van der Waals surface area (Å²) in [6, 6.07) is 10.1. The van der Waals surface area contributed by atoms with Crippen LogP contribution in [0, 0.1) is 12.7 Å². The smallest absolute Gasteiger partial charge is 0.172 e. The highest BCUT2D eigenvalue weighted by Crippen LogP contribution is 2.04. The largest absolute Gasteiger partial charge is 0.358 e. The molecule has 0 amide bonds. The minimum absolute atomic E-state index is 0.242. The van der Waals surface area contributed by atoms with Crippen LogP contribution in [-0.4, -0.2) is 10.1 Å². The quantitative estimate of drug-likeness (QED) is 0.844. The van der Waals surface area contributed by atoms with Gasteiger partial charge in [-0.1, -0.05) is 18.2 Å². The topological polar surface area (TPSA) is 37.0 Å². The Morgan fingerprint density at radius 3 is 2.58 bits per heavy atom. The van der Waals surface area contributed by atoms with E-state index in [0.717, 1.165) is 11.1 Å². The molecule has 0 radical (unpaired) electrons. The third-order valence-corrected chi connectivity index (χ3v) is 2.77. The molecule has 3 nitrogen and oxygen atoms in total. The van der Waals surface area contributed by atoms with E-state index in [0.29, 0.717) is 17.5 Å². The summed E-state index contributed by atoms with van der Waals surface area (Å²) in [6.07, 6.45) is 1.77. The standard InChI is InChI=1S/C14H14FN3S/c1-10-2-7-13(16-8-10)18-14(19)17-9-11-3-5-12(15)6-4-11/h2-8H,9H2,1H3,(H2,16,17,18,19). The van der Waals surface area contributed by atoms with Crippen LogP contribution < -0.4 is 10.6 Å². The SMILES string of the molecule is Cc1ccc(NC(=S)NCc2ccc(F)cc2)nc1. The van der Waals surface area contributed by atoms with Crippen LogP contribution in [0.25, 0.3) is 0 Å². The van der Waals surface area contributed by atoms with Gasteiger partial charge in [-0.2, -0.15) is 0 Å². The minimum atomic E-state index is -0.242. The minimum Gasteiger partial charge on any atom is -0.358 e. The van der Waals surface area contributed by atoms with Gasteiger partial charge in [0.15, 0.2) is 5.11 Å². The predicted molar refractivity (Wildman–Crippen MR) is 78.4 cm³/mol. The van der Waals surface area contributed by atoms with Crippen LogP contribution in [0.5, 0.6) is 0 Å². The van der Waals surface area contributed by atoms with Crippen molar-refractivity contribution in [2.45, 2.75) is 13.5 Å². The number of aromatic nitrogens is 1. The van der Waals surface area contributed by atoms with Crippen molar-refractivity contribution in [3.05, 3.63) is 59.5 Å². The van der Waals surface area contributed by atoms with E-state index < -0.39 is 0 Å². The second-order valence-electron chi connectivity index (χ2n) is 4.15. The third-order valence-electron chi connectivity index (χ3n) is 2.52. The Morgan fingerprint density at radius 2 is 1.95 bits per heavy atom. The van der Waals surface area contributed by atoms with Gasteiger partial charge in [0.25, 0.3) is 0 Å². The number of nitrogens with zero attached hydrogens (tertiary/aromatic N) is 1. The number of aryl methyl sites for hydroxylation is 1. The Bertz CT molecular complexity index is 552. The fourth-order valence-electron chi connectivity index (χ4n) is 1.49. The van der Waals surface area contributed by atoms with E-state index in [1.807, 2.05) is 19.1 Å². The van der Waals surface area contributed by atoms with Gasteiger partial charge < -0.3 is 10.6 Å². The Kier molecular flexibility index (Phi) is 4.41. The summed E-state index contributed by atoms with van der Waals surface area (Å²) in [5.41, 5.74) is 2.05. The van der Waals surface area contributed by atoms with E-state index in [2.05, 4.69) is 15.6 Å². The highest BCUT2D eigenvalue weighted by molar-refractivity contribution is 7.80. The number of hydrogen-bond acceptors (Lipinski definition) is 2. The highest BCUT2D eigenvalue weighted by atomic mass is 32.1. The zero-order chi connectivity index (χ0) is 13.7. The molecule has 0 spiro atoms. The molecule has 1 aromatic carbocycles. The number of pyridine rings is 1. The van der Waals surface area contributed by atoms with E-state index >= 15 is 0 Å². The lowest BCUT2D eigenvalue weighted by atomic mass is 10.2. The molecular formula is C14H14FN3S. The van der Waals surface area contributed by atoms with Crippen LogP contribution in [0.4, 0.5) is 10.2 Å². The normalized spacial score (nSPS) is 10.0. The van der Waals surface area contributed by atoms with Crippen LogP contribution in [0.15, 0.2) is 42.6 Å². The first-order chi connectivity index (χ1) is 9.13. The van der Waals surface area contributed by atoms with E-state index in [-0.39, 0.29) is 5.82 Å². The number of anilines is 1. The van der Waals surface area contributed by atoms with Crippen LogP contribution in [0.1, 0.15) is 11.1 Å². The van der Waals surface area contributed by atoms with Crippen molar-refractivity contribution in [1.82, 2.24) is 10.3 Å². The lowest BCUT2D eigenvalue weighted by Crippen LogP contribution is -2.28. The number of thiocarbonyl (C=S) groups is 1. The maximum absolute atomic E-state index is 12.7. The first-order valence-electron chi connectivity index (χ1n) is 5.85. The molecule has 2 N–H and O–H groups in total. The molecule has 1 heterocycles. The average molecular weight is 275 g/mol. The Morgan fingerprint density at radius 1 is 1.21 bits per heavy atom. The van der Waals surface area contributed by atoms with Gasteiger partial charge in [-0.3, -0.25) is 0 Å². The van der Waals surface area contributed by atoms with Crippen molar-refractivity contribution in [2.75, 3.05) is 5.32 Å². The van der Waals surface area contributed by atoms with E-state index in [4.69, 9.17) is 12.2 Å². The molecule has 0 aliphatic heterocycles. The highest BCUT2D eigenvalue weighted by Gasteiger charge is 1.99. The van der Waals surface area contributed by atoms with Crippen molar-refractivity contribution in [2.24, 2.45) is 0 Å². The van der Waals surface area contributed by atoms with Gasteiger partial charge in [-0.25, -0.2) is 9.37 Å². The summed E-state index contributed by atoms with van der Waals surface area (Å²) < 4.78 is 12.7. The Balaban J connectivity index is 1.84. The van der Waals surface area contributed by atoms with Crippen LogP contribution in [0.2, 0.25) is 0 Å². The first-order valence-corrected chi connectivity index (χ1v) is 6.26. The van der Waals surface area contributed by atoms with E-state index in [9.17, 15) is 4.39 Å². The molecule has 0 aliphatic carbocycles. The number of hydrogen-bond donors (Lipinski definition) is 2. The van der Waals surface area contributed by atoms with Gasteiger partial charge in [-0.15, -0.1) is 0 Å². The molecule has 2 rings (SSSR count). The molecule has 2 aromatic rings. The summed E-state index contributed by atoms with van der Waals surface area (Å²) in [7, 11) is 0. The lowest BCUT2D eigenvalue weighted by Gasteiger charge is -2.10. The predicted octanol–water partition coefficient (Wildman–Crippen LogP) is 3.02. The fraction of sp³-hybridized carbons (Fsp3) is 0.143. The number of halogens is 1. The first kappa shape index (κ1) is 13.4. The van der Waals surface area contributed by atoms with Crippen LogP contribution >= 0.6 is 12.2 Å². The van der Waals surface area contributed by atoms with Crippen LogP contribution in [-0.2, 0) is 6.54 Å². The van der Waals surface area contributed by atoms with Crippen LogP contribution in [0.3, 0.4) is 0 Å². The maximum Gasteiger partial charge on any atom is 0.172 e. The summed E-state index contributed by atoms with van der Waals surface area (Å²) >= 11 is 5.16. The molecule has 1 aromatic heterocycles. The molecule has 0 fully saturated rings. The maximum atomic E-state index is 12.7. The van der Waals surface area contributed by atoms with Gasteiger partial charge >= 0.3 is 0 Å². The molecule has 0 atom stereocenters. The van der Waals surface area contributed by atoms with Gasteiger partial charge in [0.05, 0.1) is 0 Å². The second-order valence-corrected chi connectivity index (χ2v) is 4.56. The lowest BCUT2D eigenvalue weighted by molar-refractivity contribution is 0.627. The molecule has 98 valence electrons. The van der Waals surface area contributed by atoms with Crippen molar-refractivity contribution in [3.8, 4) is 0 Å². The van der Waals surface area contributed by atoms with Gasteiger partial charge in [0, 0.05) is 12.7 Å². The molecule has 0 saturated heterocycles. The monoisotopic (exact) mass is 275 g/mol. The zero-order valence-corrected chi connectivity index (χ0v) is 11.3. The zero-order valence-electron chi connectivity index (χ0n) is 10.5. The van der Waals surface area contributed by atoms with E-state index in [1.165, 1.54) is 12.1 Å². The molecule has 0 unspecified atom stereocenters. The van der Waals surface area contributed by atoms with Crippen molar-refractivity contribution < 1.29 is 4.39 Å². The average Bonchev–Trinajstić information content (AvgIpc) is 2.41. The van der Waals surface area contributed by atoms with Crippen molar-refractivity contribution in [3.63, 3.8) is 0 Å². The summed E-state index contributed by atoms with van der Waals surface area (Å²) in [6.45, 7) is 2.51. The van der Waals surface area contributed by atoms with Gasteiger partial charge in [0.2, 0.25) is 0 Å². The van der Waals surface area contributed by atoms with Gasteiger partial charge in [0.1, 0.15) is 11.6 Å². The molecule has 0 aliphatic rings. The summed E-state index contributed by atoms with van der Waals surface area (Å²) in [4.78, 5) is 4.20. The third kappa shape index (κ3) is 4.30. The van der Waals surface area contributed by atoms with Gasteiger partial charge in [-0.05, 0) is 48.5 Å². The Hall–Kier alpha value is -2.01. The van der Waals surface area contributed by atoms with Crippen molar-refractivity contribution in [1.29, 1.82) is 0 Å². The molecule has 0 saturated carbocycles. The summed E-state index contributed by atoms with van der Waals surface area (Å²) in [5, 5.41) is 6.51. The molecule has 19 heavy (non-hydrogen) atoms. The number of rotatable bonds is 3. The number of benzene rings is 1. The Labute approximate surface area is 116 Å². The number of nitrogens with one attached hydrogen (secondary N) is 2.